The third-order valence-electron chi connectivity index (χ3n) is 3.70. The minimum atomic E-state index is -0.825. The van der Waals surface area contributed by atoms with Crippen LogP contribution in [-0.2, 0) is 9.59 Å². The Labute approximate surface area is 132 Å². The fraction of sp³-hybridized carbons (Fsp3) is 0.467. The molecule has 1 saturated heterocycles. The van der Waals surface area contributed by atoms with Crippen molar-refractivity contribution >= 4 is 23.5 Å². The Balaban J connectivity index is 1.94. The minimum Gasteiger partial charge on any atom is -0.481 e. The van der Waals surface area contributed by atoms with Gasteiger partial charge in [-0.3, -0.25) is 9.59 Å². The van der Waals surface area contributed by atoms with E-state index in [2.05, 4.69) is 0 Å². The third-order valence-corrected chi connectivity index (χ3v) is 4.00. The van der Waals surface area contributed by atoms with Gasteiger partial charge in [0.25, 0.3) is 5.91 Å². The smallest absolute Gasteiger partial charge is 0.306 e. The summed E-state index contributed by atoms with van der Waals surface area (Å²) in [5.74, 6) is -1.69. The highest BCUT2D eigenvalue weighted by molar-refractivity contribution is 6.32. The second kappa shape index (κ2) is 6.96. The van der Waals surface area contributed by atoms with Gasteiger partial charge in [-0.1, -0.05) is 11.6 Å². The Kier molecular flexibility index (Phi) is 5.24. The van der Waals surface area contributed by atoms with E-state index in [9.17, 15) is 14.0 Å². The summed E-state index contributed by atoms with van der Waals surface area (Å²) in [5.41, 5.74) is 0. The molecule has 0 aromatic heterocycles. The molecule has 0 saturated carbocycles. The second-order valence-electron chi connectivity index (χ2n) is 5.27. The van der Waals surface area contributed by atoms with E-state index in [1.165, 1.54) is 12.1 Å². The summed E-state index contributed by atoms with van der Waals surface area (Å²) in [4.78, 5) is 24.8. The van der Waals surface area contributed by atoms with Crippen molar-refractivity contribution in [1.82, 2.24) is 4.90 Å². The van der Waals surface area contributed by atoms with Gasteiger partial charge in [0.05, 0.1) is 10.9 Å². The van der Waals surface area contributed by atoms with E-state index in [1.54, 1.807) is 11.8 Å². The molecule has 0 radical (unpaired) electrons. The number of benzene rings is 1. The lowest BCUT2D eigenvalue weighted by molar-refractivity contribution is -0.147. The van der Waals surface area contributed by atoms with Crippen molar-refractivity contribution in [2.24, 2.45) is 5.92 Å². The minimum absolute atomic E-state index is 0.101. The SMILES string of the molecule is CC(Oc1ccc(F)cc1Cl)C(=O)N1CCC(C(=O)O)CC1. The first kappa shape index (κ1) is 16.5. The number of carbonyl (C=O) groups excluding carboxylic acids is 1. The van der Waals surface area contributed by atoms with Gasteiger partial charge in [-0.15, -0.1) is 0 Å². The molecule has 1 heterocycles. The van der Waals surface area contributed by atoms with Crippen molar-refractivity contribution in [1.29, 1.82) is 0 Å². The molecular weight excluding hydrogens is 313 g/mol. The van der Waals surface area contributed by atoms with Crippen molar-refractivity contribution < 1.29 is 23.8 Å². The molecule has 0 bridgehead atoms. The molecule has 1 aromatic carbocycles. The molecule has 1 aromatic rings. The van der Waals surface area contributed by atoms with Crippen LogP contribution in [0.25, 0.3) is 0 Å². The van der Waals surface area contributed by atoms with E-state index in [-0.39, 0.29) is 16.7 Å². The van der Waals surface area contributed by atoms with Gasteiger partial charge >= 0.3 is 5.97 Å². The fourth-order valence-electron chi connectivity index (χ4n) is 2.42. The normalized spacial score (nSPS) is 17.1. The third kappa shape index (κ3) is 3.88. The number of carboxylic acid groups (broad SMARTS) is 1. The van der Waals surface area contributed by atoms with Crippen LogP contribution in [0, 0.1) is 11.7 Å². The van der Waals surface area contributed by atoms with Crippen molar-refractivity contribution in [3.05, 3.63) is 29.0 Å². The Bertz CT molecular complexity index is 573. The van der Waals surface area contributed by atoms with Crippen LogP contribution in [-0.4, -0.2) is 41.1 Å². The quantitative estimate of drug-likeness (QED) is 0.922. The number of nitrogens with zero attached hydrogens (tertiary/aromatic N) is 1. The summed E-state index contributed by atoms with van der Waals surface area (Å²) in [7, 11) is 0. The van der Waals surface area contributed by atoms with Crippen LogP contribution in [0.3, 0.4) is 0 Å². The molecule has 2 rings (SSSR count). The average Bonchev–Trinajstić information content (AvgIpc) is 2.49. The van der Waals surface area contributed by atoms with Gasteiger partial charge in [0, 0.05) is 13.1 Å². The van der Waals surface area contributed by atoms with Gasteiger partial charge in [0.2, 0.25) is 0 Å². The molecular formula is C15H17ClFNO4. The number of hydrogen-bond acceptors (Lipinski definition) is 3. The summed E-state index contributed by atoms with van der Waals surface area (Å²) in [6, 6.07) is 3.70. The molecule has 0 spiro atoms. The van der Waals surface area contributed by atoms with Gasteiger partial charge in [0.1, 0.15) is 11.6 Å². The Morgan fingerprint density at radius 1 is 1.41 bits per heavy atom. The molecule has 1 unspecified atom stereocenters. The largest absolute Gasteiger partial charge is 0.481 e. The molecule has 5 nitrogen and oxygen atoms in total. The zero-order valence-corrected chi connectivity index (χ0v) is 12.8. The highest BCUT2D eigenvalue weighted by atomic mass is 35.5. The highest BCUT2D eigenvalue weighted by Gasteiger charge is 2.30. The van der Waals surface area contributed by atoms with E-state index < -0.39 is 23.8 Å². The molecule has 1 amide bonds. The number of carbonyl (C=O) groups is 2. The number of amides is 1. The first-order chi connectivity index (χ1) is 10.4. The van der Waals surface area contributed by atoms with Crippen LogP contribution in [0.2, 0.25) is 5.02 Å². The summed E-state index contributed by atoms with van der Waals surface area (Å²) in [6.07, 6.45) is 0.0975. The number of hydrogen-bond donors (Lipinski definition) is 1. The first-order valence-corrected chi connectivity index (χ1v) is 7.39. The Morgan fingerprint density at radius 2 is 2.05 bits per heavy atom. The Morgan fingerprint density at radius 3 is 2.59 bits per heavy atom. The number of piperidine rings is 1. The topological polar surface area (TPSA) is 66.8 Å². The summed E-state index contributed by atoms with van der Waals surface area (Å²) < 4.78 is 18.5. The number of likely N-dealkylation sites (tertiary alicyclic amines) is 1. The van der Waals surface area contributed by atoms with E-state index in [0.29, 0.717) is 25.9 Å². The lowest BCUT2D eigenvalue weighted by atomic mass is 9.97. The summed E-state index contributed by atoms with van der Waals surface area (Å²) >= 11 is 5.86. The molecule has 0 aliphatic carbocycles. The van der Waals surface area contributed by atoms with Crippen LogP contribution in [0.1, 0.15) is 19.8 Å². The molecule has 1 fully saturated rings. The van der Waals surface area contributed by atoms with Crippen molar-refractivity contribution in [2.75, 3.05) is 13.1 Å². The zero-order valence-electron chi connectivity index (χ0n) is 12.1. The number of ether oxygens (including phenoxy) is 1. The maximum atomic E-state index is 13.0. The van der Waals surface area contributed by atoms with E-state index in [4.69, 9.17) is 21.4 Å². The van der Waals surface area contributed by atoms with Crippen LogP contribution in [0.4, 0.5) is 4.39 Å². The second-order valence-corrected chi connectivity index (χ2v) is 5.68. The van der Waals surface area contributed by atoms with Gasteiger partial charge in [-0.2, -0.15) is 0 Å². The zero-order chi connectivity index (χ0) is 16.3. The van der Waals surface area contributed by atoms with Gasteiger partial charge in [0.15, 0.2) is 6.10 Å². The van der Waals surface area contributed by atoms with Gasteiger partial charge in [-0.25, -0.2) is 4.39 Å². The number of halogens is 2. The van der Waals surface area contributed by atoms with Crippen LogP contribution >= 0.6 is 11.6 Å². The lowest BCUT2D eigenvalue weighted by Gasteiger charge is -2.32. The number of aliphatic carboxylic acids is 1. The van der Waals surface area contributed by atoms with Crippen molar-refractivity contribution in [3.63, 3.8) is 0 Å². The maximum Gasteiger partial charge on any atom is 0.306 e. The van der Waals surface area contributed by atoms with Crippen molar-refractivity contribution in [2.45, 2.75) is 25.9 Å². The number of carboxylic acids is 1. The molecule has 1 atom stereocenters. The molecule has 1 N–H and O–H groups in total. The standard InChI is InChI=1S/C15H17ClFNO4/c1-9(22-13-3-2-11(17)8-12(13)16)14(19)18-6-4-10(5-7-18)15(20)21/h2-3,8-10H,4-7H2,1H3,(H,20,21). The first-order valence-electron chi connectivity index (χ1n) is 7.01. The average molecular weight is 330 g/mol. The number of rotatable bonds is 4. The van der Waals surface area contributed by atoms with Crippen LogP contribution in [0.5, 0.6) is 5.75 Å². The Hall–Kier alpha value is -1.82. The highest BCUT2D eigenvalue weighted by Crippen LogP contribution is 2.26. The van der Waals surface area contributed by atoms with E-state index >= 15 is 0 Å². The monoisotopic (exact) mass is 329 g/mol. The van der Waals surface area contributed by atoms with Crippen LogP contribution < -0.4 is 4.74 Å². The maximum absolute atomic E-state index is 13.0. The fourth-order valence-corrected chi connectivity index (χ4v) is 2.63. The molecule has 22 heavy (non-hydrogen) atoms. The summed E-state index contributed by atoms with van der Waals surface area (Å²) in [5, 5.41) is 9.05. The lowest BCUT2D eigenvalue weighted by Crippen LogP contribution is -2.45. The van der Waals surface area contributed by atoms with Crippen LogP contribution in [0.15, 0.2) is 18.2 Å². The van der Waals surface area contributed by atoms with E-state index in [0.717, 1.165) is 6.07 Å². The molecule has 1 aliphatic rings. The molecule has 120 valence electrons. The van der Waals surface area contributed by atoms with E-state index in [1.807, 2.05) is 0 Å². The molecule has 1 aliphatic heterocycles. The molecule has 7 heteroatoms. The predicted molar refractivity (Wildman–Crippen MR) is 78.4 cm³/mol. The van der Waals surface area contributed by atoms with Gasteiger partial charge in [-0.05, 0) is 38.0 Å². The predicted octanol–water partition coefficient (Wildman–Crippen LogP) is 2.57. The van der Waals surface area contributed by atoms with Gasteiger partial charge < -0.3 is 14.7 Å². The van der Waals surface area contributed by atoms with Crippen molar-refractivity contribution in [3.8, 4) is 5.75 Å². The summed E-state index contributed by atoms with van der Waals surface area (Å²) in [6.45, 7) is 2.37.